The Hall–Kier alpha value is -1.30. The zero-order valence-corrected chi connectivity index (χ0v) is 9.13. The van der Waals surface area contributed by atoms with Crippen LogP contribution in [0.25, 0.3) is 0 Å². The molecule has 7 heteroatoms. The quantitative estimate of drug-likeness (QED) is 0.319. The van der Waals surface area contributed by atoms with E-state index in [1.165, 1.54) is 6.34 Å². The van der Waals surface area contributed by atoms with E-state index in [1.807, 2.05) is 0 Å². The van der Waals surface area contributed by atoms with E-state index >= 15 is 0 Å². The van der Waals surface area contributed by atoms with Gasteiger partial charge in [-0.1, -0.05) is 23.2 Å². The number of aliphatic imine (C=N–C) groups is 2. The van der Waals surface area contributed by atoms with Gasteiger partial charge in [0.1, 0.15) is 6.34 Å². The first-order chi connectivity index (χ1) is 7.11. The molecule has 80 valence electrons. The Morgan fingerprint density at radius 3 is 2.40 bits per heavy atom. The summed E-state index contributed by atoms with van der Waals surface area (Å²) in [4.78, 5) is 7.64. The normalized spacial score (nSPS) is 12.1. The van der Waals surface area contributed by atoms with Gasteiger partial charge in [0.15, 0.2) is 0 Å². The molecule has 5 nitrogen and oxygen atoms in total. The van der Waals surface area contributed by atoms with Crippen LogP contribution in [0.2, 0.25) is 10.0 Å². The van der Waals surface area contributed by atoms with Crippen LogP contribution >= 0.6 is 23.2 Å². The van der Waals surface area contributed by atoms with Gasteiger partial charge in [-0.05, 0) is 18.2 Å². The van der Waals surface area contributed by atoms with Crippen LogP contribution < -0.4 is 17.0 Å². The first-order valence-electron chi connectivity index (χ1n) is 3.90. The fourth-order valence-electron chi connectivity index (χ4n) is 0.809. The Bertz CT molecular complexity index is 382. The highest BCUT2D eigenvalue weighted by Gasteiger charge is 1.95. The number of hydrogen-bond acceptors (Lipinski definition) is 2. The molecule has 0 spiro atoms. The summed E-state index contributed by atoms with van der Waals surface area (Å²) in [5, 5.41) is 1.01. The van der Waals surface area contributed by atoms with Gasteiger partial charge in [-0.15, -0.1) is 0 Å². The van der Waals surface area contributed by atoms with Crippen molar-refractivity contribution in [3.8, 4) is 0 Å². The number of guanidine groups is 1. The Balaban J connectivity index is 2.81. The molecule has 0 radical (unpaired) electrons. The van der Waals surface area contributed by atoms with Gasteiger partial charge >= 0.3 is 0 Å². The lowest BCUT2D eigenvalue weighted by Crippen LogP contribution is -2.36. The maximum absolute atomic E-state index is 5.77. The first-order valence-corrected chi connectivity index (χ1v) is 4.66. The molecule has 0 aromatic heterocycles. The van der Waals surface area contributed by atoms with E-state index in [2.05, 4.69) is 15.4 Å². The average molecular weight is 246 g/mol. The van der Waals surface area contributed by atoms with Crippen molar-refractivity contribution in [3.05, 3.63) is 28.2 Å². The fraction of sp³-hybridized carbons (Fsp3) is 0. The topological polar surface area (TPSA) is 88.8 Å². The summed E-state index contributed by atoms with van der Waals surface area (Å²) in [6.45, 7) is 0. The molecule has 15 heavy (non-hydrogen) atoms. The van der Waals surface area contributed by atoms with Gasteiger partial charge in [-0.3, -0.25) is 5.43 Å². The van der Waals surface area contributed by atoms with Crippen molar-refractivity contribution in [2.45, 2.75) is 0 Å². The SMILES string of the molecule is NNC(N)=NC=Nc1cc(Cl)cc(Cl)c1. The van der Waals surface area contributed by atoms with Gasteiger partial charge in [0.2, 0.25) is 5.96 Å². The molecule has 0 unspecified atom stereocenters. The van der Waals surface area contributed by atoms with Gasteiger partial charge in [0.05, 0.1) is 5.69 Å². The Morgan fingerprint density at radius 2 is 1.87 bits per heavy atom. The monoisotopic (exact) mass is 245 g/mol. The number of hydrazine groups is 1. The summed E-state index contributed by atoms with van der Waals surface area (Å²) in [5.74, 6) is 5.05. The third-order valence-corrected chi connectivity index (χ3v) is 1.84. The molecular weight excluding hydrogens is 237 g/mol. The summed E-state index contributed by atoms with van der Waals surface area (Å²) >= 11 is 11.5. The van der Waals surface area contributed by atoms with Gasteiger partial charge in [0, 0.05) is 10.0 Å². The van der Waals surface area contributed by atoms with E-state index < -0.39 is 0 Å². The molecule has 1 aromatic rings. The predicted octanol–water partition coefficient (Wildman–Crippen LogP) is 1.43. The highest BCUT2D eigenvalue weighted by Crippen LogP contribution is 2.24. The molecule has 0 saturated heterocycles. The van der Waals surface area contributed by atoms with Crippen molar-refractivity contribution >= 4 is 41.2 Å². The van der Waals surface area contributed by atoms with Crippen LogP contribution in [-0.2, 0) is 0 Å². The number of nitrogens with two attached hydrogens (primary N) is 2. The van der Waals surface area contributed by atoms with Crippen LogP contribution in [0.5, 0.6) is 0 Å². The van der Waals surface area contributed by atoms with Crippen molar-refractivity contribution in [2.24, 2.45) is 21.6 Å². The number of nitrogens with one attached hydrogen (secondary N) is 1. The molecule has 0 aliphatic carbocycles. The second-order valence-electron chi connectivity index (χ2n) is 2.53. The van der Waals surface area contributed by atoms with Gasteiger partial charge in [-0.2, -0.15) is 0 Å². The lowest BCUT2D eigenvalue weighted by molar-refractivity contribution is 1.01. The summed E-state index contributed by atoms with van der Waals surface area (Å²) in [6.07, 6.45) is 1.25. The highest BCUT2D eigenvalue weighted by atomic mass is 35.5. The third-order valence-electron chi connectivity index (χ3n) is 1.40. The molecule has 0 amide bonds. The molecule has 5 N–H and O–H groups in total. The second kappa shape index (κ2) is 5.55. The largest absolute Gasteiger partial charge is 0.369 e. The van der Waals surface area contributed by atoms with Crippen LogP contribution in [0, 0.1) is 0 Å². The smallest absolute Gasteiger partial charge is 0.209 e. The highest BCUT2D eigenvalue weighted by molar-refractivity contribution is 6.35. The predicted molar refractivity (Wildman–Crippen MR) is 63.6 cm³/mol. The van der Waals surface area contributed by atoms with E-state index in [9.17, 15) is 0 Å². The molecule has 0 saturated carbocycles. The van der Waals surface area contributed by atoms with Crippen LogP contribution in [-0.4, -0.2) is 12.3 Å². The average Bonchev–Trinajstić information content (AvgIpc) is 2.16. The Morgan fingerprint density at radius 1 is 1.27 bits per heavy atom. The molecule has 1 aromatic carbocycles. The molecule has 0 aliphatic heterocycles. The van der Waals surface area contributed by atoms with Crippen molar-refractivity contribution in [1.82, 2.24) is 5.43 Å². The number of benzene rings is 1. The van der Waals surface area contributed by atoms with E-state index in [-0.39, 0.29) is 5.96 Å². The van der Waals surface area contributed by atoms with E-state index in [4.69, 9.17) is 34.8 Å². The van der Waals surface area contributed by atoms with Crippen molar-refractivity contribution in [1.29, 1.82) is 0 Å². The number of halogens is 2. The minimum Gasteiger partial charge on any atom is -0.369 e. The minimum absolute atomic E-state index is 0.0619. The minimum atomic E-state index is 0.0619. The molecular formula is C8H9Cl2N5. The van der Waals surface area contributed by atoms with Crippen LogP contribution in [0.4, 0.5) is 5.69 Å². The summed E-state index contributed by atoms with van der Waals surface area (Å²) in [6, 6.07) is 4.90. The van der Waals surface area contributed by atoms with Crippen LogP contribution in [0.3, 0.4) is 0 Å². The Kier molecular flexibility index (Phi) is 4.36. The number of hydrogen-bond donors (Lipinski definition) is 3. The number of nitrogens with zero attached hydrogens (tertiary/aromatic N) is 2. The van der Waals surface area contributed by atoms with Crippen molar-refractivity contribution < 1.29 is 0 Å². The molecule has 0 fully saturated rings. The molecule has 1 rings (SSSR count). The van der Waals surface area contributed by atoms with Gasteiger partial charge < -0.3 is 5.73 Å². The number of rotatable bonds is 2. The van der Waals surface area contributed by atoms with Crippen LogP contribution in [0.1, 0.15) is 0 Å². The van der Waals surface area contributed by atoms with E-state index in [0.717, 1.165) is 0 Å². The van der Waals surface area contributed by atoms with E-state index in [1.54, 1.807) is 18.2 Å². The van der Waals surface area contributed by atoms with Gasteiger partial charge in [-0.25, -0.2) is 15.8 Å². The van der Waals surface area contributed by atoms with Crippen molar-refractivity contribution in [2.75, 3.05) is 0 Å². The molecule has 0 heterocycles. The Labute approximate surface area is 96.8 Å². The summed E-state index contributed by atoms with van der Waals surface area (Å²) in [5.41, 5.74) is 8.01. The van der Waals surface area contributed by atoms with Crippen molar-refractivity contribution in [3.63, 3.8) is 0 Å². The fourth-order valence-corrected chi connectivity index (χ4v) is 1.32. The van der Waals surface area contributed by atoms with Crippen LogP contribution in [0.15, 0.2) is 28.2 Å². The van der Waals surface area contributed by atoms with E-state index in [0.29, 0.717) is 15.7 Å². The zero-order chi connectivity index (χ0) is 11.3. The molecule has 0 atom stereocenters. The third kappa shape index (κ3) is 4.16. The first kappa shape index (κ1) is 11.8. The lowest BCUT2D eigenvalue weighted by Gasteiger charge is -1.96. The zero-order valence-electron chi connectivity index (χ0n) is 7.61. The maximum Gasteiger partial charge on any atom is 0.209 e. The lowest BCUT2D eigenvalue weighted by atomic mass is 10.3. The molecule has 0 bridgehead atoms. The standard InChI is InChI=1S/C8H9Cl2N5/c9-5-1-6(10)3-7(2-5)13-4-14-8(11)15-12/h1-4H,12H2,(H3,11,13,14,15). The maximum atomic E-state index is 5.77. The second-order valence-corrected chi connectivity index (χ2v) is 3.40. The summed E-state index contributed by atoms with van der Waals surface area (Å²) < 4.78 is 0. The van der Waals surface area contributed by atoms with Gasteiger partial charge in [0.25, 0.3) is 0 Å². The summed E-state index contributed by atoms with van der Waals surface area (Å²) in [7, 11) is 0. The molecule has 0 aliphatic rings.